The summed E-state index contributed by atoms with van der Waals surface area (Å²) in [5.41, 5.74) is 3.21. The van der Waals surface area contributed by atoms with E-state index in [1.54, 1.807) is 48.0 Å². The highest BCUT2D eigenvalue weighted by atomic mass is 16.5. The number of carbonyl (C=O) groups excluding carboxylic acids is 2. The Balaban J connectivity index is 0.784. The maximum absolute atomic E-state index is 13.7. The molecule has 8 nitrogen and oxygen atoms in total. The summed E-state index contributed by atoms with van der Waals surface area (Å²) in [5.74, 6) is 6.73. The highest BCUT2D eigenvalue weighted by molar-refractivity contribution is 5.97. The molecule has 3 aromatic rings. The number of esters is 2. The first-order chi connectivity index (χ1) is 40.4. The Morgan fingerprint density at radius 1 is 0.554 bits per heavy atom. The van der Waals surface area contributed by atoms with Crippen molar-refractivity contribution in [2.24, 2.45) is 46.3 Å². The molecule has 0 heterocycles. The minimum atomic E-state index is -0.569. The van der Waals surface area contributed by atoms with Crippen LogP contribution in [0, 0.1) is 46.3 Å². The van der Waals surface area contributed by atoms with Gasteiger partial charge in [0, 0.05) is 6.61 Å². The van der Waals surface area contributed by atoms with Gasteiger partial charge < -0.3 is 28.4 Å². The molecule has 0 aromatic heterocycles. The third-order valence-corrected chi connectivity index (χ3v) is 20.1. The van der Waals surface area contributed by atoms with Gasteiger partial charge in [-0.25, -0.2) is 9.59 Å². The van der Waals surface area contributed by atoms with E-state index in [2.05, 4.69) is 53.9 Å². The monoisotopic (exact) mass is 1140 g/mol. The number of ether oxygens (including phenoxy) is 6. The number of carbonyl (C=O) groups is 2. The molecule has 83 heavy (non-hydrogen) atoms. The smallest absolute Gasteiger partial charge is 0.347 e. The molecule has 3 saturated carbocycles. The van der Waals surface area contributed by atoms with Crippen LogP contribution < -0.4 is 23.7 Å². The first-order valence-corrected chi connectivity index (χ1v) is 33.6. The maximum atomic E-state index is 13.7. The number of unbranched alkanes of at least 4 members (excludes halogenated alkanes) is 17. The van der Waals surface area contributed by atoms with E-state index < -0.39 is 11.9 Å². The van der Waals surface area contributed by atoms with Crippen LogP contribution in [0.25, 0.3) is 0 Å². The van der Waals surface area contributed by atoms with Gasteiger partial charge in [0.2, 0.25) is 0 Å². The normalized spacial score (nSPS) is 23.1. The molecule has 0 aliphatic heterocycles. The van der Waals surface area contributed by atoms with Gasteiger partial charge in [-0.05, 0) is 216 Å². The predicted molar refractivity (Wildman–Crippen MR) is 341 cm³/mol. The summed E-state index contributed by atoms with van der Waals surface area (Å²) in [7, 11) is 0. The van der Waals surface area contributed by atoms with E-state index >= 15 is 0 Å². The van der Waals surface area contributed by atoms with Crippen molar-refractivity contribution in [1.82, 2.24) is 0 Å². The second-order valence-corrected chi connectivity index (χ2v) is 26.5. The Bertz CT molecular complexity index is 2420. The van der Waals surface area contributed by atoms with Gasteiger partial charge in [0.1, 0.15) is 34.3 Å². The van der Waals surface area contributed by atoms with Gasteiger partial charge in [0.05, 0.1) is 31.5 Å². The molecule has 8 heteroatoms. The van der Waals surface area contributed by atoms with Crippen molar-refractivity contribution in [2.75, 3.05) is 26.4 Å². The molecule has 0 amide bonds. The van der Waals surface area contributed by atoms with Gasteiger partial charge in [0.15, 0.2) is 0 Å². The quantitative estimate of drug-likeness (QED) is 0.0241. The van der Waals surface area contributed by atoms with Crippen LogP contribution in [-0.2, 0) is 4.74 Å². The molecule has 4 aliphatic rings. The summed E-state index contributed by atoms with van der Waals surface area (Å²) in [6.45, 7) is 22.9. The van der Waals surface area contributed by atoms with Crippen LogP contribution in [0.5, 0.6) is 28.7 Å². The number of benzene rings is 3. The average molecular weight is 1140 g/mol. The Morgan fingerprint density at radius 3 is 1.66 bits per heavy atom. The van der Waals surface area contributed by atoms with Crippen LogP contribution in [0.3, 0.4) is 0 Å². The van der Waals surface area contributed by atoms with E-state index in [0.29, 0.717) is 54.0 Å². The zero-order valence-corrected chi connectivity index (χ0v) is 52.6. The van der Waals surface area contributed by atoms with Crippen LogP contribution >= 0.6 is 0 Å². The molecule has 0 bridgehead atoms. The van der Waals surface area contributed by atoms with E-state index in [1.165, 1.54) is 109 Å². The lowest BCUT2D eigenvalue weighted by Crippen LogP contribution is -2.51. The topological polar surface area (TPSA) is 89.5 Å². The first kappa shape index (κ1) is 65.7. The lowest BCUT2D eigenvalue weighted by atomic mass is 9.47. The Hall–Kier alpha value is -4.82. The second kappa shape index (κ2) is 35.0. The Labute approximate surface area is 503 Å². The van der Waals surface area contributed by atoms with Crippen LogP contribution in [0.4, 0.5) is 0 Å². The van der Waals surface area contributed by atoms with E-state index in [-0.39, 0.29) is 11.1 Å². The van der Waals surface area contributed by atoms with Gasteiger partial charge in [-0.1, -0.05) is 155 Å². The standard InChI is InChI=1S/C75H110O8/c1-8-10-12-14-22-26-51-78-61-35-39-63(40-36-61)82-72(76)59-33-43-67(73(77)83-64-41-37-62(38-42-64)79-52-27-23-15-13-11-9-2)71(55-59)81-54-29-25-21-19-17-16-18-20-24-28-53-80-65-47-49-74(6)60(56-65)34-44-66-69-46-45-68(58(5)32-30-31-57(3)4)75(69,7)50-48-70(66)74/h8-9,33-43,55,57-58,65-66,68-70H,1-2,10-32,44-54,56H2,3-7H3/t58-,65?,66+,68-,69+,70+,74+,75-/m1/s1. The first-order valence-electron chi connectivity index (χ1n) is 33.6. The number of rotatable bonds is 40. The molecule has 4 aliphatic carbocycles. The summed E-state index contributed by atoms with van der Waals surface area (Å²) in [6.07, 6.45) is 44.7. The van der Waals surface area contributed by atoms with Crippen molar-refractivity contribution in [3.8, 4) is 28.7 Å². The van der Waals surface area contributed by atoms with Gasteiger partial charge in [0.25, 0.3) is 0 Å². The maximum Gasteiger partial charge on any atom is 0.347 e. The fourth-order valence-corrected chi connectivity index (χ4v) is 15.2. The Kier molecular flexibility index (Phi) is 27.7. The summed E-state index contributed by atoms with van der Waals surface area (Å²) in [5, 5.41) is 0. The van der Waals surface area contributed by atoms with Crippen molar-refractivity contribution in [2.45, 2.75) is 240 Å². The molecule has 3 fully saturated rings. The molecule has 0 radical (unpaired) electrons. The van der Waals surface area contributed by atoms with Crippen molar-refractivity contribution in [1.29, 1.82) is 0 Å². The molecule has 3 aromatic carbocycles. The van der Waals surface area contributed by atoms with Crippen molar-refractivity contribution in [3.05, 3.63) is 115 Å². The van der Waals surface area contributed by atoms with E-state index in [9.17, 15) is 9.59 Å². The second-order valence-electron chi connectivity index (χ2n) is 26.5. The zero-order chi connectivity index (χ0) is 58.7. The van der Waals surface area contributed by atoms with Gasteiger partial charge in [-0.15, -0.1) is 13.2 Å². The van der Waals surface area contributed by atoms with Gasteiger partial charge in [-0.2, -0.15) is 0 Å². The van der Waals surface area contributed by atoms with Crippen LogP contribution in [0.2, 0.25) is 0 Å². The van der Waals surface area contributed by atoms with Gasteiger partial charge in [-0.3, -0.25) is 0 Å². The minimum absolute atomic E-state index is 0.240. The predicted octanol–water partition coefficient (Wildman–Crippen LogP) is 20.9. The zero-order valence-electron chi connectivity index (χ0n) is 52.6. The molecule has 0 saturated heterocycles. The summed E-state index contributed by atoms with van der Waals surface area (Å²) >= 11 is 0. The fourth-order valence-electron chi connectivity index (χ4n) is 15.2. The molecule has 1 unspecified atom stereocenters. The minimum Gasteiger partial charge on any atom is -0.494 e. The molecule has 0 spiro atoms. The third-order valence-electron chi connectivity index (χ3n) is 20.1. The number of hydrogen-bond acceptors (Lipinski definition) is 8. The number of hydrogen-bond donors (Lipinski definition) is 0. The summed E-state index contributed by atoms with van der Waals surface area (Å²) in [4.78, 5) is 27.2. The highest BCUT2D eigenvalue weighted by Gasteiger charge is 2.59. The van der Waals surface area contributed by atoms with Crippen LogP contribution in [0.1, 0.15) is 254 Å². The average Bonchev–Trinajstić information content (AvgIpc) is 2.62. The molecule has 0 N–H and O–H groups in total. The van der Waals surface area contributed by atoms with Crippen molar-refractivity contribution in [3.63, 3.8) is 0 Å². The molecule has 458 valence electrons. The molecular formula is C75H110O8. The third kappa shape index (κ3) is 20.1. The molecule has 7 rings (SSSR count). The van der Waals surface area contributed by atoms with Gasteiger partial charge >= 0.3 is 11.9 Å². The summed E-state index contributed by atoms with van der Waals surface area (Å²) in [6, 6.07) is 18.9. The Morgan fingerprint density at radius 2 is 1.08 bits per heavy atom. The van der Waals surface area contributed by atoms with E-state index in [1.807, 2.05) is 36.4 Å². The van der Waals surface area contributed by atoms with E-state index in [4.69, 9.17) is 28.4 Å². The lowest BCUT2D eigenvalue weighted by molar-refractivity contribution is -0.0641. The highest BCUT2D eigenvalue weighted by Crippen LogP contribution is 2.67. The molecular weight excluding hydrogens is 1030 g/mol. The van der Waals surface area contributed by atoms with Crippen LogP contribution in [-0.4, -0.2) is 44.5 Å². The number of allylic oxidation sites excluding steroid dienone is 3. The number of fused-ring (bicyclic) bond motifs is 5. The molecule has 8 atom stereocenters. The summed E-state index contributed by atoms with van der Waals surface area (Å²) < 4.78 is 36.3. The van der Waals surface area contributed by atoms with E-state index in [0.717, 1.165) is 144 Å². The lowest BCUT2D eigenvalue weighted by Gasteiger charge is -2.58. The van der Waals surface area contributed by atoms with Crippen LogP contribution in [0.15, 0.2) is 104 Å². The van der Waals surface area contributed by atoms with Crippen molar-refractivity contribution >= 4 is 11.9 Å². The SMILES string of the molecule is C=CCCCCCCOc1ccc(OC(=O)c2ccc(C(=O)Oc3ccc(OCCCCCCC=C)cc3)c(OCCCCCCCCCCCCOC3CC[C@@]4(C)C(=CC[C@H]5[C@@H]6CC[C@H]([C@H](C)CCCC(C)C)[C@@]6(C)CC[C@@H]54)C3)c2)cc1. The van der Waals surface area contributed by atoms with Crippen molar-refractivity contribution < 1.29 is 38.0 Å². The largest absolute Gasteiger partial charge is 0.494 e. The fraction of sp³-hybridized carbons (Fsp3) is 0.653.